The van der Waals surface area contributed by atoms with E-state index in [0.717, 1.165) is 24.6 Å². The van der Waals surface area contributed by atoms with E-state index in [-0.39, 0.29) is 0 Å². The van der Waals surface area contributed by atoms with Crippen LogP contribution in [0.25, 0.3) is 0 Å². The number of aliphatic imine (C=N–C) groups is 1. The lowest BCUT2D eigenvalue weighted by Crippen LogP contribution is -1.95. The van der Waals surface area contributed by atoms with E-state index in [1.165, 1.54) is 0 Å². The Labute approximate surface area is 55.2 Å². The molecule has 0 aromatic rings. The second kappa shape index (κ2) is 2.67. The number of ether oxygens (including phenoxy) is 1. The van der Waals surface area contributed by atoms with Gasteiger partial charge in [0.05, 0.1) is 5.76 Å². The number of allylic oxidation sites excluding steroid dienone is 1. The Bertz CT molecular complexity index is 140. The zero-order valence-electron chi connectivity index (χ0n) is 5.85. The Hall–Kier alpha value is -0.790. The Morgan fingerprint density at radius 3 is 3.11 bits per heavy atom. The second-order valence-electron chi connectivity index (χ2n) is 2.11. The lowest BCUT2D eigenvalue weighted by atomic mass is 10.4. The quantitative estimate of drug-likeness (QED) is 0.483. The molecule has 0 aromatic heterocycles. The van der Waals surface area contributed by atoms with Crippen LogP contribution in [0.4, 0.5) is 0 Å². The van der Waals surface area contributed by atoms with Crippen molar-refractivity contribution in [2.75, 3.05) is 6.54 Å². The summed E-state index contributed by atoms with van der Waals surface area (Å²) in [6.07, 6.45) is 3.06. The first kappa shape index (κ1) is 6.33. The van der Waals surface area contributed by atoms with Crippen molar-refractivity contribution in [2.45, 2.75) is 20.3 Å². The van der Waals surface area contributed by atoms with Gasteiger partial charge in [-0.2, -0.15) is 0 Å². The largest absolute Gasteiger partial charge is 0.449 e. The van der Waals surface area contributed by atoms with Crippen LogP contribution in [-0.4, -0.2) is 12.4 Å². The van der Waals surface area contributed by atoms with Crippen molar-refractivity contribution in [3.63, 3.8) is 0 Å². The molecule has 2 nitrogen and oxygen atoms in total. The molecular formula is C7H11NO. The molecule has 0 aliphatic carbocycles. The van der Waals surface area contributed by atoms with Crippen LogP contribution in [0, 0.1) is 0 Å². The molecule has 0 bridgehead atoms. The van der Waals surface area contributed by atoms with Gasteiger partial charge in [-0.3, -0.25) is 4.99 Å². The highest BCUT2D eigenvalue weighted by atomic mass is 16.5. The van der Waals surface area contributed by atoms with Gasteiger partial charge in [-0.05, 0) is 19.4 Å². The van der Waals surface area contributed by atoms with Gasteiger partial charge in [0.2, 0.25) is 0 Å². The molecule has 50 valence electrons. The fraction of sp³-hybridized carbons (Fsp3) is 0.571. The highest BCUT2D eigenvalue weighted by Crippen LogP contribution is 2.03. The van der Waals surface area contributed by atoms with Crippen molar-refractivity contribution >= 4 is 5.90 Å². The zero-order valence-corrected chi connectivity index (χ0v) is 5.85. The van der Waals surface area contributed by atoms with Crippen molar-refractivity contribution in [3.05, 3.63) is 11.8 Å². The van der Waals surface area contributed by atoms with Crippen LogP contribution in [0.1, 0.15) is 20.3 Å². The molecule has 0 N–H and O–H groups in total. The predicted octanol–water partition coefficient (Wildman–Crippen LogP) is 1.73. The molecular weight excluding hydrogens is 114 g/mol. The van der Waals surface area contributed by atoms with E-state index in [1.807, 2.05) is 13.8 Å². The Kier molecular flexibility index (Phi) is 1.88. The van der Waals surface area contributed by atoms with E-state index >= 15 is 0 Å². The summed E-state index contributed by atoms with van der Waals surface area (Å²) in [4.78, 5) is 4.12. The lowest BCUT2D eigenvalue weighted by molar-refractivity contribution is 0.414. The van der Waals surface area contributed by atoms with E-state index in [9.17, 15) is 0 Å². The van der Waals surface area contributed by atoms with E-state index in [0.29, 0.717) is 0 Å². The Morgan fingerprint density at radius 1 is 1.56 bits per heavy atom. The van der Waals surface area contributed by atoms with Crippen LogP contribution in [-0.2, 0) is 4.74 Å². The standard InChI is InChI=1S/C7H11NO/c1-6-4-3-5-8-7(2)9-6/h4H,3,5H2,1-2H3. The van der Waals surface area contributed by atoms with E-state index in [2.05, 4.69) is 11.1 Å². The first-order chi connectivity index (χ1) is 4.29. The maximum Gasteiger partial charge on any atom is 0.186 e. The third-order valence-corrected chi connectivity index (χ3v) is 1.20. The van der Waals surface area contributed by atoms with Gasteiger partial charge in [0.15, 0.2) is 5.90 Å². The molecule has 0 spiro atoms. The van der Waals surface area contributed by atoms with E-state index in [1.54, 1.807) is 0 Å². The molecule has 0 radical (unpaired) electrons. The van der Waals surface area contributed by atoms with Gasteiger partial charge < -0.3 is 4.74 Å². The molecule has 2 heteroatoms. The molecule has 0 unspecified atom stereocenters. The van der Waals surface area contributed by atoms with Gasteiger partial charge >= 0.3 is 0 Å². The molecule has 0 amide bonds. The van der Waals surface area contributed by atoms with Crippen LogP contribution < -0.4 is 0 Å². The smallest absolute Gasteiger partial charge is 0.186 e. The van der Waals surface area contributed by atoms with Crippen molar-refractivity contribution in [3.8, 4) is 0 Å². The molecule has 0 atom stereocenters. The monoisotopic (exact) mass is 125 g/mol. The van der Waals surface area contributed by atoms with Gasteiger partial charge in [-0.25, -0.2) is 0 Å². The number of rotatable bonds is 0. The Morgan fingerprint density at radius 2 is 2.33 bits per heavy atom. The fourth-order valence-electron chi connectivity index (χ4n) is 0.797. The maximum atomic E-state index is 5.22. The van der Waals surface area contributed by atoms with Crippen LogP contribution in [0.3, 0.4) is 0 Å². The van der Waals surface area contributed by atoms with Crippen molar-refractivity contribution in [2.24, 2.45) is 4.99 Å². The second-order valence-corrected chi connectivity index (χ2v) is 2.11. The van der Waals surface area contributed by atoms with Crippen molar-refractivity contribution < 1.29 is 4.74 Å². The number of hydrogen-bond donors (Lipinski definition) is 0. The van der Waals surface area contributed by atoms with Crippen LogP contribution >= 0.6 is 0 Å². The van der Waals surface area contributed by atoms with Crippen molar-refractivity contribution in [1.82, 2.24) is 0 Å². The minimum Gasteiger partial charge on any atom is -0.449 e. The highest BCUT2D eigenvalue weighted by Gasteiger charge is 1.97. The topological polar surface area (TPSA) is 21.6 Å². The zero-order chi connectivity index (χ0) is 6.69. The summed E-state index contributed by atoms with van der Waals surface area (Å²) in [5.41, 5.74) is 0. The van der Waals surface area contributed by atoms with Gasteiger partial charge in [0, 0.05) is 13.5 Å². The lowest BCUT2D eigenvalue weighted by Gasteiger charge is -1.99. The molecule has 0 saturated heterocycles. The number of nitrogens with zero attached hydrogens (tertiary/aromatic N) is 1. The summed E-state index contributed by atoms with van der Waals surface area (Å²) in [6, 6.07) is 0. The van der Waals surface area contributed by atoms with E-state index in [4.69, 9.17) is 4.74 Å². The molecule has 1 aliphatic heterocycles. The van der Waals surface area contributed by atoms with Gasteiger partial charge in [-0.15, -0.1) is 0 Å². The summed E-state index contributed by atoms with van der Waals surface area (Å²) in [6.45, 7) is 4.69. The normalized spacial score (nSPS) is 19.3. The minimum atomic E-state index is 0.779. The predicted molar refractivity (Wildman–Crippen MR) is 37.4 cm³/mol. The number of hydrogen-bond acceptors (Lipinski definition) is 2. The average Bonchev–Trinajstić information content (AvgIpc) is 1.93. The van der Waals surface area contributed by atoms with Crippen molar-refractivity contribution in [1.29, 1.82) is 0 Å². The SMILES string of the molecule is CC1=CCCN=C(C)O1. The third kappa shape index (κ3) is 1.88. The molecule has 1 rings (SSSR count). The summed E-state index contributed by atoms with van der Waals surface area (Å²) >= 11 is 0. The van der Waals surface area contributed by atoms with Crippen LogP contribution in [0.15, 0.2) is 16.8 Å². The van der Waals surface area contributed by atoms with Gasteiger partial charge in [0.1, 0.15) is 0 Å². The van der Waals surface area contributed by atoms with Crippen LogP contribution in [0.2, 0.25) is 0 Å². The third-order valence-electron chi connectivity index (χ3n) is 1.20. The van der Waals surface area contributed by atoms with Crippen LogP contribution in [0.5, 0.6) is 0 Å². The maximum absolute atomic E-state index is 5.22. The first-order valence-corrected chi connectivity index (χ1v) is 3.15. The van der Waals surface area contributed by atoms with Gasteiger partial charge in [0.25, 0.3) is 0 Å². The first-order valence-electron chi connectivity index (χ1n) is 3.15. The fourth-order valence-corrected chi connectivity index (χ4v) is 0.797. The molecule has 1 heterocycles. The molecule has 0 aromatic carbocycles. The molecule has 9 heavy (non-hydrogen) atoms. The Balaban J connectivity index is 2.61. The average molecular weight is 125 g/mol. The summed E-state index contributed by atoms with van der Waals surface area (Å²) in [7, 11) is 0. The molecule has 1 aliphatic rings. The summed E-state index contributed by atoms with van der Waals surface area (Å²) in [5, 5.41) is 0. The summed E-state index contributed by atoms with van der Waals surface area (Å²) < 4.78 is 5.22. The highest BCUT2D eigenvalue weighted by molar-refractivity contribution is 5.74. The van der Waals surface area contributed by atoms with Gasteiger partial charge in [-0.1, -0.05) is 0 Å². The molecule has 0 saturated carbocycles. The van der Waals surface area contributed by atoms with E-state index < -0.39 is 0 Å². The molecule has 0 fully saturated rings. The minimum absolute atomic E-state index is 0.779. The summed E-state index contributed by atoms with van der Waals surface area (Å²) in [5.74, 6) is 1.75.